The Morgan fingerprint density at radius 2 is 1.88 bits per heavy atom. The molecule has 24 heavy (non-hydrogen) atoms. The molecule has 2 aromatic rings. The van der Waals surface area contributed by atoms with E-state index in [2.05, 4.69) is 27.2 Å². The molecule has 2 amide bonds. The fourth-order valence-electron chi connectivity index (χ4n) is 1.95. The summed E-state index contributed by atoms with van der Waals surface area (Å²) in [5, 5.41) is 5.53. The van der Waals surface area contributed by atoms with Gasteiger partial charge in [0.25, 0.3) is 0 Å². The molecule has 2 rings (SSSR count). The average molecular weight is 345 g/mol. The highest BCUT2D eigenvalue weighted by Crippen LogP contribution is 2.25. The smallest absolute Gasteiger partial charge is 0.247 e. The quantitative estimate of drug-likeness (QED) is 0.644. The number of nitrogens with zero attached hydrogens (tertiary/aromatic N) is 2. The van der Waals surface area contributed by atoms with Crippen LogP contribution in [-0.4, -0.2) is 21.8 Å². The maximum atomic E-state index is 12.6. The molecule has 0 saturated carbocycles. The summed E-state index contributed by atoms with van der Waals surface area (Å²) in [5.41, 5.74) is 0.708. The van der Waals surface area contributed by atoms with Crippen molar-refractivity contribution in [1.29, 1.82) is 0 Å². The second-order valence-corrected chi connectivity index (χ2v) is 5.90. The topological polar surface area (TPSA) is 84.0 Å². The minimum Gasteiger partial charge on any atom is -0.325 e. The number of carbonyl (C=O) groups excluding carboxylic acids is 2. The first-order valence-electron chi connectivity index (χ1n) is 7.17. The van der Waals surface area contributed by atoms with Crippen LogP contribution in [0.3, 0.4) is 0 Å². The molecule has 1 heterocycles. The van der Waals surface area contributed by atoms with Crippen molar-refractivity contribution in [3.8, 4) is 0 Å². The van der Waals surface area contributed by atoms with E-state index in [1.807, 2.05) is 0 Å². The molecule has 0 aliphatic rings. The predicted octanol–water partition coefficient (Wildman–Crippen LogP) is 3.17. The molecule has 0 spiro atoms. The van der Waals surface area contributed by atoms with Gasteiger partial charge in [0.1, 0.15) is 0 Å². The largest absolute Gasteiger partial charge is 0.325 e. The molecule has 7 heteroatoms. The van der Waals surface area contributed by atoms with Crippen molar-refractivity contribution in [2.45, 2.75) is 19.3 Å². The molecule has 0 unspecified atom stereocenters. The lowest BCUT2D eigenvalue weighted by atomic mass is 9.88. The summed E-state index contributed by atoms with van der Waals surface area (Å²) in [6, 6.07) is 8.47. The van der Waals surface area contributed by atoms with E-state index in [1.54, 1.807) is 44.2 Å². The Labute approximate surface area is 145 Å². The van der Waals surface area contributed by atoms with Crippen LogP contribution in [0.4, 0.5) is 11.4 Å². The molecular formula is C17H17ClN4O2. The first kappa shape index (κ1) is 17.6. The van der Waals surface area contributed by atoms with Crippen LogP contribution in [0.15, 0.2) is 49.2 Å². The lowest BCUT2D eigenvalue weighted by Gasteiger charge is -2.23. The number of nitrogens with one attached hydrogen (secondary N) is 2. The van der Waals surface area contributed by atoms with Crippen LogP contribution in [-0.2, 0) is 15.0 Å². The van der Waals surface area contributed by atoms with Gasteiger partial charge in [0, 0.05) is 17.6 Å². The van der Waals surface area contributed by atoms with Crippen molar-refractivity contribution in [3.63, 3.8) is 0 Å². The number of hydrogen-bond donors (Lipinski definition) is 2. The summed E-state index contributed by atoms with van der Waals surface area (Å²) in [7, 11) is 0. The molecule has 1 aromatic heterocycles. The maximum absolute atomic E-state index is 12.6. The Bertz CT molecular complexity index is 790. The Morgan fingerprint density at radius 1 is 1.21 bits per heavy atom. The highest BCUT2D eigenvalue weighted by atomic mass is 35.5. The van der Waals surface area contributed by atoms with Crippen LogP contribution >= 0.6 is 11.6 Å². The standard InChI is InChI=1S/C17H17ClN4O2/c1-4-14(23)20-11-6-5-7-12(10-11)21-15(24)17(2,3)13-8-9-19-16(18)22-13/h4-10H,1H2,2-3H3,(H,20,23)(H,21,24). The first-order valence-corrected chi connectivity index (χ1v) is 7.54. The number of anilines is 2. The lowest BCUT2D eigenvalue weighted by molar-refractivity contribution is -0.120. The van der Waals surface area contributed by atoms with Gasteiger partial charge in [-0.25, -0.2) is 9.97 Å². The van der Waals surface area contributed by atoms with Gasteiger partial charge in [0.15, 0.2) is 0 Å². The van der Waals surface area contributed by atoms with Crippen molar-refractivity contribution in [1.82, 2.24) is 9.97 Å². The summed E-state index contributed by atoms with van der Waals surface area (Å²) in [4.78, 5) is 31.9. The van der Waals surface area contributed by atoms with E-state index >= 15 is 0 Å². The summed E-state index contributed by atoms with van der Waals surface area (Å²) in [5.74, 6) is -0.584. The van der Waals surface area contributed by atoms with Gasteiger partial charge in [-0.05, 0) is 55.8 Å². The van der Waals surface area contributed by atoms with E-state index in [1.165, 1.54) is 12.3 Å². The molecule has 6 nitrogen and oxygen atoms in total. The molecular weight excluding hydrogens is 328 g/mol. The number of halogens is 1. The van der Waals surface area contributed by atoms with Crippen molar-refractivity contribution >= 4 is 34.8 Å². The van der Waals surface area contributed by atoms with E-state index in [-0.39, 0.29) is 17.1 Å². The minimum absolute atomic E-state index is 0.0857. The molecule has 124 valence electrons. The molecule has 1 aromatic carbocycles. The zero-order valence-electron chi connectivity index (χ0n) is 13.3. The van der Waals surface area contributed by atoms with Crippen LogP contribution in [0, 0.1) is 0 Å². The van der Waals surface area contributed by atoms with Crippen LogP contribution in [0.5, 0.6) is 0 Å². The van der Waals surface area contributed by atoms with Gasteiger partial charge in [0.2, 0.25) is 17.1 Å². The molecule has 0 aliphatic carbocycles. The third kappa shape index (κ3) is 4.17. The fourth-order valence-corrected chi connectivity index (χ4v) is 2.10. The zero-order chi connectivity index (χ0) is 17.7. The van der Waals surface area contributed by atoms with E-state index in [4.69, 9.17) is 11.6 Å². The monoisotopic (exact) mass is 344 g/mol. The highest BCUT2D eigenvalue weighted by Gasteiger charge is 2.31. The van der Waals surface area contributed by atoms with Gasteiger partial charge >= 0.3 is 0 Å². The number of amides is 2. The Hall–Kier alpha value is -2.73. The molecule has 0 radical (unpaired) electrons. The Kier molecular flexibility index (Phi) is 5.31. The van der Waals surface area contributed by atoms with Gasteiger partial charge in [-0.1, -0.05) is 12.6 Å². The molecule has 2 N–H and O–H groups in total. The van der Waals surface area contributed by atoms with Crippen molar-refractivity contribution < 1.29 is 9.59 Å². The third-order valence-electron chi connectivity index (χ3n) is 3.41. The number of rotatable bonds is 5. The van der Waals surface area contributed by atoms with E-state index < -0.39 is 5.41 Å². The summed E-state index contributed by atoms with van der Waals surface area (Å²) in [6.45, 7) is 6.88. The van der Waals surface area contributed by atoms with Crippen LogP contribution in [0.25, 0.3) is 0 Å². The van der Waals surface area contributed by atoms with Crippen LogP contribution in [0.1, 0.15) is 19.5 Å². The van der Waals surface area contributed by atoms with E-state index in [0.29, 0.717) is 17.1 Å². The average Bonchev–Trinajstić information content (AvgIpc) is 2.55. The van der Waals surface area contributed by atoms with Crippen molar-refractivity contribution in [3.05, 3.63) is 60.2 Å². The zero-order valence-corrected chi connectivity index (χ0v) is 14.1. The number of aromatic nitrogens is 2. The van der Waals surface area contributed by atoms with E-state index in [9.17, 15) is 9.59 Å². The molecule has 0 aliphatic heterocycles. The van der Waals surface area contributed by atoms with Gasteiger partial charge < -0.3 is 10.6 Å². The van der Waals surface area contributed by atoms with Gasteiger partial charge in [-0.2, -0.15) is 0 Å². The SMILES string of the molecule is C=CC(=O)Nc1cccc(NC(=O)C(C)(C)c2ccnc(Cl)n2)c1. The summed E-state index contributed by atoms with van der Waals surface area (Å²) >= 11 is 5.80. The number of carbonyl (C=O) groups is 2. The summed E-state index contributed by atoms with van der Waals surface area (Å²) < 4.78 is 0. The Balaban J connectivity index is 2.18. The van der Waals surface area contributed by atoms with Crippen molar-refractivity contribution in [2.75, 3.05) is 10.6 Å². The van der Waals surface area contributed by atoms with Gasteiger partial charge in [-0.15, -0.1) is 0 Å². The second-order valence-electron chi connectivity index (χ2n) is 5.56. The van der Waals surface area contributed by atoms with Gasteiger partial charge in [-0.3, -0.25) is 9.59 Å². The van der Waals surface area contributed by atoms with Crippen LogP contribution in [0.2, 0.25) is 5.28 Å². The fraction of sp³-hybridized carbons (Fsp3) is 0.176. The van der Waals surface area contributed by atoms with E-state index in [0.717, 1.165) is 0 Å². The molecule has 0 fully saturated rings. The molecule has 0 bridgehead atoms. The summed E-state index contributed by atoms with van der Waals surface area (Å²) in [6.07, 6.45) is 2.68. The molecule has 0 saturated heterocycles. The Morgan fingerprint density at radius 3 is 2.50 bits per heavy atom. The number of benzene rings is 1. The minimum atomic E-state index is -0.910. The lowest BCUT2D eigenvalue weighted by Crippen LogP contribution is -2.35. The maximum Gasteiger partial charge on any atom is 0.247 e. The van der Waals surface area contributed by atoms with Crippen LogP contribution < -0.4 is 10.6 Å². The normalized spacial score (nSPS) is 10.8. The highest BCUT2D eigenvalue weighted by molar-refractivity contribution is 6.28. The third-order valence-corrected chi connectivity index (χ3v) is 3.59. The number of hydrogen-bond acceptors (Lipinski definition) is 4. The second kappa shape index (κ2) is 7.23. The predicted molar refractivity (Wildman–Crippen MR) is 94.0 cm³/mol. The molecule has 0 atom stereocenters. The van der Waals surface area contributed by atoms with Crippen molar-refractivity contribution in [2.24, 2.45) is 0 Å². The first-order chi connectivity index (χ1) is 11.3. The van der Waals surface area contributed by atoms with Gasteiger partial charge in [0.05, 0.1) is 11.1 Å².